The van der Waals surface area contributed by atoms with Crippen molar-refractivity contribution in [1.29, 1.82) is 5.41 Å². The molecule has 4 heterocycles. The molecule has 4 saturated heterocycles. The number of unbranched alkanes of at least 4 members (excludes halogenated alkanes) is 2. The van der Waals surface area contributed by atoms with Gasteiger partial charge in [0.15, 0.2) is 5.90 Å². The molecule has 0 aromatic heterocycles. The largest absolute Gasteiger partial charge is 0.476 e. The average molecular weight is 338 g/mol. The summed E-state index contributed by atoms with van der Waals surface area (Å²) in [6.45, 7) is 6.18. The summed E-state index contributed by atoms with van der Waals surface area (Å²) in [6.07, 6.45) is 7.28. The van der Waals surface area contributed by atoms with Crippen molar-refractivity contribution in [3.63, 3.8) is 0 Å². The van der Waals surface area contributed by atoms with E-state index in [0.717, 1.165) is 51.7 Å². The maximum absolute atomic E-state index is 9.81. The van der Waals surface area contributed by atoms with Crippen LogP contribution in [0.25, 0.3) is 0 Å². The number of nitrogens with one attached hydrogen (secondary N) is 1. The van der Waals surface area contributed by atoms with E-state index in [-0.39, 0.29) is 18.2 Å². The number of ether oxygens (including phenoxy) is 1. The zero-order chi connectivity index (χ0) is 16.9. The van der Waals surface area contributed by atoms with Gasteiger partial charge in [-0.25, -0.2) is 0 Å². The number of piperidine rings is 4. The maximum atomic E-state index is 9.81. The highest BCUT2D eigenvalue weighted by Gasteiger charge is 2.35. The van der Waals surface area contributed by atoms with Gasteiger partial charge < -0.3 is 20.5 Å². The zero-order valence-electron chi connectivity index (χ0n) is 14.8. The van der Waals surface area contributed by atoms with E-state index in [1.54, 1.807) is 0 Å². The van der Waals surface area contributed by atoms with Crippen LogP contribution in [-0.4, -0.2) is 78.3 Å². The van der Waals surface area contributed by atoms with Crippen molar-refractivity contribution < 1.29 is 9.84 Å². The minimum absolute atomic E-state index is 0.0507. The minimum Gasteiger partial charge on any atom is -0.476 e. The van der Waals surface area contributed by atoms with Crippen LogP contribution in [0.2, 0.25) is 0 Å². The monoisotopic (exact) mass is 338 g/mol. The molecule has 4 N–H and O–H groups in total. The summed E-state index contributed by atoms with van der Waals surface area (Å²) in [5.41, 5.74) is 5.83. The van der Waals surface area contributed by atoms with Gasteiger partial charge in [-0.1, -0.05) is 6.42 Å². The van der Waals surface area contributed by atoms with Gasteiger partial charge in [-0.05, 0) is 64.2 Å². The van der Waals surface area contributed by atoms with Crippen LogP contribution in [0, 0.1) is 11.3 Å². The summed E-state index contributed by atoms with van der Waals surface area (Å²) in [5, 5.41) is 17.9. The Balaban J connectivity index is 1.24. The second-order valence-corrected chi connectivity index (χ2v) is 7.85. The molecule has 138 valence electrons. The van der Waals surface area contributed by atoms with E-state index in [2.05, 4.69) is 9.80 Å². The lowest BCUT2D eigenvalue weighted by atomic mass is 9.86. The van der Waals surface area contributed by atoms with Crippen molar-refractivity contribution in [3.05, 3.63) is 0 Å². The number of aliphatic hydroxyl groups is 1. The quantitative estimate of drug-likeness (QED) is 0.367. The molecule has 4 fully saturated rings. The van der Waals surface area contributed by atoms with Crippen LogP contribution in [0.4, 0.5) is 0 Å². The van der Waals surface area contributed by atoms with Gasteiger partial charge in [-0.2, -0.15) is 0 Å². The Morgan fingerprint density at radius 2 is 1.88 bits per heavy atom. The molecule has 6 heteroatoms. The smallest absolute Gasteiger partial charge is 0.180 e. The van der Waals surface area contributed by atoms with E-state index < -0.39 is 0 Å². The SMILES string of the molecule is N=C(CCCCCN1CC[C@@H](N)[C@@H](O)C1)O[C@H]1CN2CCC1CC2. The molecule has 0 spiro atoms. The normalized spacial score (nSPS) is 36.7. The van der Waals surface area contributed by atoms with Gasteiger partial charge in [0.05, 0.1) is 6.10 Å². The van der Waals surface area contributed by atoms with Crippen molar-refractivity contribution >= 4 is 5.90 Å². The third-order valence-electron chi connectivity index (χ3n) is 5.99. The van der Waals surface area contributed by atoms with Gasteiger partial charge in [-0.3, -0.25) is 10.3 Å². The highest BCUT2D eigenvalue weighted by atomic mass is 16.5. The van der Waals surface area contributed by atoms with Crippen LogP contribution < -0.4 is 5.73 Å². The van der Waals surface area contributed by atoms with Gasteiger partial charge in [0.1, 0.15) is 6.10 Å². The van der Waals surface area contributed by atoms with Crippen LogP contribution in [0.3, 0.4) is 0 Å². The van der Waals surface area contributed by atoms with Crippen molar-refractivity contribution in [2.75, 3.05) is 39.3 Å². The number of aliphatic hydroxyl groups excluding tert-OH is 1. The van der Waals surface area contributed by atoms with E-state index in [1.165, 1.54) is 25.9 Å². The topological polar surface area (TPSA) is 85.8 Å². The van der Waals surface area contributed by atoms with Crippen LogP contribution in [-0.2, 0) is 4.74 Å². The molecule has 4 aliphatic heterocycles. The van der Waals surface area contributed by atoms with Crippen molar-refractivity contribution in [2.24, 2.45) is 11.7 Å². The molecule has 2 bridgehead atoms. The standard InChI is InChI=1S/C18H34N4O2/c19-15-7-11-21(12-16(15)23)8-3-1-2-4-18(20)24-17-13-22-9-5-14(17)6-10-22/h14-17,20,23H,1-13,19H2/t15-,16+,17+/m1/s1. The van der Waals surface area contributed by atoms with Crippen LogP contribution >= 0.6 is 0 Å². The maximum Gasteiger partial charge on any atom is 0.180 e. The number of β-amino-alcohol motifs (C(OH)–C–C–N with tert-alkyl or cyclic N) is 1. The molecular weight excluding hydrogens is 304 g/mol. The Bertz CT molecular complexity index is 412. The first-order valence-corrected chi connectivity index (χ1v) is 9.74. The Morgan fingerprint density at radius 1 is 1.08 bits per heavy atom. The number of nitrogens with zero attached hydrogens (tertiary/aromatic N) is 2. The first kappa shape index (κ1) is 18.1. The van der Waals surface area contributed by atoms with Crippen LogP contribution in [0.1, 0.15) is 44.9 Å². The lowest BCUT2D eigenvalue weighted by Gasteiger charge is -2.44. The number of fused-ring (bicyclic) bond motifs is 3. The predicted molar refractivity (Wildman–Crippen MR) is 95.3 cm³/mol. The lowest BCUT2D eigenvalue weighted by molar-refractivity contribution is -0.0166. The van der Waals surface area contributed by atoms with Gasteiger partial charge in [0, 0.05) is 25.6 Å². The predicted octanol–water partition coefficient (Wildman–Crippen LogP) is 1.03. The fraction of sp³-hybridized carbons (Fsp3) is 0.944. The van der Waals surface area contributed by atoms with Gasteiger partial charge in [0.2, 0.25) is 0 Å². The van der Waals surface area contributed by atoms with Crippen LogP contribution in [0.5, 0.6) is 0 Å². The fourth-order valence-corrected chi connectivity index (χ4v) is 4.30. The summed E-state index contributed by atoms with van der Waals surface area (Å²) in [4.78, 5) is 4.78. The van der Waals surface area contributed by atoms with E-state index in [0.29, 0.717) is 18.4 Å². The first-order chi connectivity index (χ1) is 11.6. The molecule has 0 unspecified atom stereocenters. The molecular formula is C18H34N4O2. The number of hydrogen-bond acceptors (Lipinski definition) is 6. The van der Waals surface area contributed by atoms with Gasteiger partial charge in [0.25, 0.3) is 0 Å². The summed E-state index contributed by atoms with van der Waals surface area (Å²) < 4.78 is 5.93. The number of likely N-dealkylation sites (tertiary alicyclic amines) is 1. The summed E-state index contributed by atoms with van der Waals surface area (Å²) in [5.74, 6) is 1.15. The molecule has 6 nitrogen and oxygen atoms in total. The second kappa shape index (κ2) is 8.61. The third kappa shape index (κ3) is 4.91. The average Bonchev–Trinajstić information content (AvgIpc) is 2.59. The summed E-state index contributed by atoms with van der Waals surface area (Å²) in [7, 11) is 0. The Morgan fingerprint density at radius 3 is 2.54 bits per heavy atom. The number of rotatable bonds is 7. The van der Waals surface area contributed by atoms with E-state index in [4.69, 9.17) is 15.9 Å². The lowest BCUT2D eigenvalue weighted by Crippen LogP contribution is -2.51. The van der Waals surface area contributed by atoms with Gasteiger partial charge >= 0.3 is 0 Å². The van der Waals surface area contributed by atoms with Crippen molar-refractivity contribution in [2.45, 2.75) is 63.2 Å². The number of nitrogens with two attached hydrogens (primary N) is 1. The summed E-state index contributed by atoms with van der Waals surface area (Å²) >= 11 is 0. The number of hydrogen-bond donors (Lipinski definition) is 3. The third-order valence-corrected chi connectivity index (χ3v) is 5.99. The minimum atomic E-state index is -0.373. The van der Waals surface area contributed by atoms with Crippen LogP contribution in [0.15, 0.2) is 0 Å². The molecule has 4 rings (SSSR count). The first-order valence-electron chi connectivity index (χ1n) is 9.74. The Kier molecular flexibility index (Phi) is 6.49. The molecule has 0 aliphatic carbocycles. The molecule has 24 heavy (non-hydrogen) atoms. The van der Waals surface area contributed by atoms with Gasteiger partial charge in [-0.15, -0.1) is 0 Å². The fourth-order valence-electron chi connectivity index (χ4n) is 4.30. The molecule has 3 atom stereocenters. The Hall–Kier alpha value is -0.690. The van der Waals surface area contributed by atoms with E-state index >= 15 is 0 Å². The van der Waals surface area contributed by atoms with Crippen molar-refractivity contribution in [1.82, 2.24) is 9.80 Å². The highest BCUT2D eigenvalue weighted by molar-refractivity contribution is 5.72. The highest BCUT2D eigenvalue weighted by Crippen LogP contribution is 2.29. The summed E-state index contributed by atoms with van der Waals surface area (Å²) in [6, 6.07) is -0.0507. The zero-order valence-corrected chi connectivity index (χ0v) is 14.8. The molecule has 4 aliphatic rings. The molecule has 0 amide bonds. The molecule has 0 aromatic carbocycles. The second-order valence-electron chi connectivity index (χ2n) is 7.85. The van der Waals surface area contributed by atoms with E-state index in [9.17, 15) is 5.11 Å². The molecule has 0 saturated carbocycles. The van der Waals surface area contributed by atoms with Crippen molar-refractivity contribution in [3.8, 4) is 0 Å². The van der Waals surface area contributed by atoms with E-state index in [1.807, 2.05) is 0 Å². The molecule has 0 aromatic rings. The Labute approximate surface area is 145 Å². The molecule has 0 radical (unpaired) electrons.